The van der Waals surface area contributed by atoms with E-state index < -0.39 is 0 Å². The van der Waals surface area contributed by atoms with Gasteiger partial charge in [0.05, 0.1) is 0 Å². The minimum Gasteiger partial charge on any atom is -0.397 e. The summed E-state index contributed by atoms with van der Waals surface area (Å²) in [4.78, 5) is 0. The fraction of sp³-hybridized carbons (Fsp3) is 1.00. The van der Waals surface area contributed by atoms with Crippen LogP contribution in [0.5, 0.6) is 0 Å². The highest BCUT2D eigenvalue weighted by molar-refractivity contribution is 4.10. The number of hydrogen-bond donors (Lipinski definition) is 4. The lowest BCUT2D eigenvalue weighted by Gasteiger charge is -1.69. The van der Waals surface area contributed by atoms with Crippen LogP contribution in [0.1, 0.15) is 27.2 Å². The molecule has 0 amide bonds. The molecule has 0 aromatic heterocycles. The molecule has 74 valence electrons. The summed E-state index contributed by atoms with van der Waals surface area (Å²) >= 11 is 0. The molecule has 6 N–H and O–H groups in total. The van der Waals surface area contributed by atoms with Crippen molar-refractivity contribution in [3.05, 3.63) is 0 Å². The molecule has 0 fully saturated rings. The third-order valence-corrected chi connectivity index (χ3v) is 0.224. The Labute approximate surface area is 69.5 Å². The first-order valence-corrected chi connectivity index (χ1v) is 3.57. The van der Waals surface area contributed by atoms with E-state index in [1.54, 1.807) is 13.8 Å². The normalized spacial score (nSPS) is 6.00. The van der Waals surface area contributed by atoms with Crippen LogP contribution in [0, 0.1) is 0 Å². The fourth-order valence-corrected chi connectivity index (χ4v) is 0. The molecule has 0 unspecified atom stereocenters. The standard InChI is InChI=1S/C3H8O.2C2H6O.H3N/c1-2-3-4;2*1-2-3;/h4H,2-3H2,1H3;2*3H,2H2,1H3;1H3. The average Bonchev–Trinajstić information content (AvgIpc) is 1.91. The molecule has 0 aliphatic carbocycles. The molecule has 0 saturated heterocycles. The van der Waals surface area contributed by atoms with Gasteiger partial charge in [0.25, 0.3) is 0 Å². The Hall–Kier alpha value is -0.160. The predicted molar refractivity (Wildman–Crippen MR) is 47.9 cm³/mol. The van der Waals surface area contributed by atoms with E-state index in [9.17, 15) is 0 Å². The molecule has 0 rings (SSSR count). The van der Waals surface area contributed by atoms with Gasteiger partial charge in [0.2, 0.25) is 0 Å². The Morgan fingerprint density at radius 1 is 0.818 bits per heavy atom. The summed E-state index contributed by atoms with van der Waals surface area (Å²) < 4.78 is 0. The zero-order valence-corrected chi connectivity index (χ0v) is 7.88. The van der Waals surface area contributed by atoms with Crippen molar-refractivity contribution in [3.8, 4) is 0 Å². The Morgan fingerprint density at radius 3 is 0.909 bits per heavy atom. The molecule has 0 aromatic rings. The zero-order valence-electron chi connectivity index (χ0n) is 7.88. The van der Waals surface area contributed by atoms with Crippen molar-refractivity contribution in [3.63, 3.8) is 0 Å². The maximum absolute atomic E-state index is 7.88. The summed E-state index contributed by atoms with van der Waals surface area (Å²) in [5.74, 6) is 0. The molecule has 4 heteroatoms. The molecule has 0 aromatic carbocycles. The van der Waals surface area contributed by atoms with Gasteiger partial charge in [0, 0.05) is 19.8 Å². The minimum atomic E-state index is 0. The molecule has 0 saturated carbocycles. The van der Waals surface area contributed by atoms with E-state index in [1.165, 1.54) is 0 Å². The van der Waals surface area contributed by atoms with Crippen LogP contribution >= 0.6 is 0 Å². The number of rotatable bonds is 1. The first kappa shape index (κ1) is 22.4. The van der Waals surface area contributed by atoms with Crippen LogP contribution in [-0.2, 0) is 0 Å². The second-order valence-electron chi connectivity index (χ2n) is 1.36. The van der Waals surface area contributed by atoms with Gasteiger partial charge in [-0.3, -0.25) is 0 Å². The van der Waals surface area contributed by atoms with Crippen molar-refractivity contribution in [2.75, 3.05) is 19.8 Å². The molecule has 11 heavy (non-hydrogen) atoms. The largest absolute Gasteiger partial charge is 0.397 e. The third kappa shape index (κ3) is 857. The van der Waals surface area contributed by atoms with Crippen LogP contribution in [0.2, 0.25) is 0 Å². The van der Waals surface area contributed by atoms with Gasteiger partial charge in [-0.2, -0.15) is 0 Å². The Balaban J connectivity index is -0.0000000325. The molecule has 0 radical (unpaired) electrons. The molecule has 0 atom stereocenters. The number of hydrogen-bond acceptors (Lipinski definition) is 4. The predicted octanol–water partition coefficient (Wildman–Crippen LogP) is 0.548. The smallest absolute Gasteiger partial charge is 0.0428 e. The Morgan fingerprint density at radius 2 is 0.909 bits per heavy atom. The Kier molecular flexibility index (Phi) is 106. The summed E-state index contributed by atoms with van der Waals surface area (Å²) in [7, 11) is 0. The summed E-state index contributed by atoms with van der Waals surface area (Å²) in [5, 5.41) is 23.0. The quantitative estimate of drug-likeness (QED) is 0.461. The van der Waals surface area contributed by atoms with Crippen LogP contribution < -0.4 is 6.15 Å². The zero-order chi connectivity index (χ0) is 8.83. The molecule has 0 aliphatic heterocycles. The molecule has 0 heterocycles. The van der Waals surface area contributed by atoms with Crippen LogP contribution in [0.4, 0.5) is 0 Å². The van der Waals surface area contributed by atoms with Crippen molar-refractivity contribution in [1.82, 2.24) is 6.15 Å². The summed E-state index contributed by atoms with van der Waals surface area (Å²) in [6.07, 6.45) is 0.875. The van der Waals surface area contributed by atoms with E-state index in [4.69, 9.17) is 15.3 Å². The van der Waals surface area contributed by atoms with Crippen molar-refractivity contribution in [2.24, 2.45) is 0 Å². The molecule has 0 aliphatic rings. The second-order valence-corrected chi connectivity index (χ2v) is 1.36. The molecule has 4 nitrogen and oxygen atoms in total. The second kappa shape index (κ2) is 52.1. The van der Waals surface area contributed by atoms with Crippen LogP contribution in [0.15, 0.2) is 0 Å². The van der Waals surface area contributed by atoms with Crippen LogP contribution in [0.3, 0.4) is 0 Å². The van der Waals surface area contributed by atoms with Gasteiger partial charge < -0.3 is 21.5 Å². The lowest BCUT2D eigenvalue weighted by Crippen LogP contribution is -1.69. The SMILES string of the molecule is CCCO.CCO.CCO.N. The molecular formula is C7H23NO3. The van der Waals surface area contributed by atoms with Crippen molar-refractivity contribution < 1.29 is 15.3 Å². The molecule has 0 spiro atoms. The van der Waals surface area contributed by atoms with Gasteiger partial charge in [-0.05, 0) is 20.3 Å². The van der Waals surface area contributed by atoms with Gasteiger partial charge in [0.1, 0.15) is 0 Å². The summed E-state index contributed by atoms with van der Waals surface area (Å²) in [5.41, 5.74) is 0. The first-order chi connectivity index (χ1) is 4.74. The first-order valence-electron chi connectivity index (χ1n) is 3.57. The molecule has 0 bridgehead atoms. The maximum atomic E-state index is 7.88. The van der Waals surface area contributed by atoms with E-state index >= 15 is 0 Å². The van der Waals surface area contributed by atoms with Crippen LogP contribution in [-0.4, -0.2) is 35.1 Å². The topological polar surface area (TPSA) is 95.7 Å². The summed E-state index contributed by atoms with van der Waals surface area (Å²) in [6, 6.07) is 0. The van der Waals surface area contributed by atoms with Gasteiger partial charge in [0.15, 0.2) is 0 Å². The number of aliphatic hydroxyl groups is 3. The highest BCUT2D eigenvalue weighted by atomic mass is 16.3. The highest BCUT2D eigenvalue weighted by Crippen LogP contribution is 1.61. The minimum absolute atomic E-state index is 0. The van der Waals surface area contributed by atoms with Crippen molar-refractivity contribution in [1.29, 1.82) is 0 Å². The monoisotopic (exact) mass is 169 g/mol. The van der Waals surface area contributed by atoms with Crippen LogP contribution in [0.25, 0.3) is 0 Å². The third-order valence-electron chi connectivity index (χ3n) is 0.224. The van der Waals surface area contributed by atoms with E-state index in [0.29, 0.717) is 6.61 Å². The lowest BCUT2D eigenvalue weighted by atomic mass is 10.5. The molecular weight excluding hydrogens is 146 g/mol. The van der Waals surface area contributed by atoms with E-state index in [1.807, 2.05) is 6.92 Å². The summed E-state index contributed by atoms with van der Waals surface area (Å²) in [6.45, 7) is 6.11. The van der Waals surface area contributed by atoms with E-state index in [-0.39, 0.29) is 19.4 Å². The maximum Gasteiger partial charge on any atom is 0.0428 e. The van der Waals surface area contributed by atoms with E-state index in [0.717, 1.165) is 6.42 Å². The van der Waals surface area contributed by atoms with Gasteiger partial charge in [-0.25, -0.2) is 0 Å². The fourth-order valence-electron chi connectivity index (χ4n) is 0. The number of aliphatic hydroxyl groups excluding tert-OH is 3. The lowest BCUT2D eigenvalue weighted by molar-refractivity contribution is 0.295. The average molecular weight is 169 g/mol. The highest BCUT2D eigenvalue weighted by Gasteiger charge is 1.57. The van der Waals surface area contributed by atoms with Crippen molar-refractivity contribution >= 4 is 0 Å². The van der Waals surface area contributed by atoms with Gasteiger partial charge in [-0.15, -0.1) is 0 Å². The Bertz CT molecular complexity index is 25.6. The van der Waals surface area contributed by atoms with Crippen molar-refractivity contribution in [2.45, 2.75) is 27.2 Å². The van der Waals surface area contributed by atoms with Gasteiger partial charge >= 0.3 is 0 Å². The van der Waals surface area contributed by atoms with Gasteiger partial charge in [-0.1, -0.05) is 6.92 Å². The van der Waals surface area contributed by atoms with E-state index in [2.05, 4.69) is 0 Å².